The number of benzene rings is 1. The van der Waals surface area contributed by atoms with Crippen LogP contribution >= 0.6 is 15.9 Å². The maximum atomic E-state index is 13.9. The van der Waals surface area contributed by atoms with Gasteiger partial charge in [-0.3, -0.25) is 9.80 Å². The highest BCUT2D eigenvalue weighted by atomic mass is 79.9. The summed E-state index contributed by atoms with van der Waals surface area (Å²) < 4.78 is 14.5. The second kappa shape index (κ2) is 5.87. The number of hydrogen-bond donors (Lipinski definition) is 1. The molecule has 0 amide bonds. The lowest BCUT2D eigenvalue weighted by molar-refractivity contribution is -0.152. The Morgan fingerprint density at radius 1 is 1.55 bits per heavy atom. The molecule has 1 aliphatic heterocycles. The van der Waals surface area contributed by atoms with Crippen molar-refractivity contribution in [3.63, 3.8) is 0 Å². The largest absolute Gasteiger partial charge is 0.481 e. The fourth-order valence-corrected chi connectivity index (χ4v) is 2.93. The van der Waals surface area contributed by atoms with E-state index in [9.17, 15) is 19.2 Å². The predicted octanol–water partition coefficient (Wildman–Crippen LogP) is 2.98. The highest BCUT2D eigenvalue weighted by Crippen LogP contribution is 2.35. The van der Waals surface area contributed by atoms with Crippen molar-refractivity contribution in [3.05, 3.63) is 39.0 Å². The average Bonchev–Trinajstić information content (AvgIpc) is 2.42. The van der Waals surface area contributed by atoms with Crippen LogP contribution in [0.4, 0.5) is 4.39 Å². The van der Waals surface area contributed by atoms with Gasteiger partial charge in [-0.1, -0.05) is 22.0 Å². The van der Waals surface area contributed by atoms with Gasteiger partial charge in [-0.05, 0) is 37.0 Å². The first-order valence-corrected chi connectivity index (χ1v) is 7.02. The van der Waals surface area contributed by atoms with Crippen LogP contribution in [0, 0.1) is 16.1 Å². The van der Waals surface area contributed by atoms with Crippen molar-refractivity contribution in [1.29, 1.82) is 0 Å². The van der Waals surface area contributed by atoms with Crippen molar-refractivity contribution in [3.8, 4) is 0 Å². The predicted molar refractivity (Wildman–Crippen MR) is 74.5 cm³/mol. The van der Waals surface area contributed by atoms with Crippen LogP contribution in [-0.4, -0.2) is 29.2 Å². The molecule has 1 heterocycles. The zero-order chi connectivity index (χ0) is 14.8. The number of nitroso groups, excluding NO2 is 1. The van der Waals surface area contributed by atoms with E-state index >= 15 is 0 Å². The highest BCUT2D eigenvalue weighted by Gasteiger charge is 2.43. The first-order valence-electron chi connectivity index (χ1n) is 6.22. The van der Waals surface area contributed by atoms with E-state index in [1.165, 1.54) is 11.1 Å². The summed E-state index contributed by atoms with van der Waals surface area (Å²) in [6.07, 6.45) is 1.01. The standard InChI is InChI=1S/C13H14BrFN2O3/c14-10-3-2-9(11(15)6-10)7-13(12(18)19)4-1-5-17(8-13)16-20/h2-3,6H,1,4-5,7-8H2,(H,18,19). The molecule has 1 atom stereocenters. The molecule has 108 valence electrons. The van der Waals surface area contributed by atoms with E-state index in [0.717, 1.165) is 0 Å². The second-order valence-corrected chi connectivity index (χ2v) is 5.99. The molecule has 1 aliphatic rings. The van der Waals surface area contributed by atoms with Gasteiger partial charge < -0.3 is 5.11 Å². The van der Waals surface area contributed by atoms with Crippen LogP contribution in [0.3, 0.4) is 0 Å². The molecule has 7 heteroatoms. The van der Waals surface area contributed by atoms with Gasteiger partial charge in [0.25, 0.3) is 0 Å². The second-order valence-electron chi connectivity index (χ2n) is 5.07. The molecular formula is C13H14BrFN2O3. The Morgan fingerprint density at radius 3 is 2.90 bits per heavy atom. The zero-order valence-corrected chi connectivity index (χ0v) is 12.3. The minimum atomic E-state index is -1.17. The maximum Gasteiger partial charge on any atom is 0.311 e. The van der Waals surface area contributed by atoms with Crippen LogP contribution in [0.5, 0.6) is 0 Å². The Kier molecular flexibility index (Phi) is 4.37. The van der Waals surface area contributed by atoms with E-state index in [1.807, 2.05) is 0 Å². The first-order chi connectivity index (χ1) is 9.47. The van der Waals surface area contributed by atoms with Gasteiger partial charge >= 0.3 is 5.97 Å². The van der Waals surface area contributed by atoms with Gasteiger partial charge in [-0.2, -0.15) is 0 Å². The molecule has 1 aromatic carbocycles. The van der Waals surface area contributed by atoms with Gasteiger partial charge in [0.1, 0.15) is 5.82 Å². The third-order valence-electron chi connectivity index (χ3n) is 3.67. The monoisotopic (exact) mass is 344 g/mol. The highest BCUT2D eigenvalue weighted by molar-refractivity contribution is 9.10. The number of carbonyl (C=O) groups is 1. The Balaban J connectivity index is 2.29. The van der Waals surface area contributed by atoms with Crippen LogP contribution in [0.15, 0.2) is 28.0 Å². The molecule has 1 unspecified atom stereocenters. The van der Waals surface area contributed by atoms with Crippen molar-refractivity contribution in [1.82, 2.24) is 5.01 Å². The Morgan fingerprint density at radius 2 is 2.30 bits per heavy atom. The van der Waals surface area contributed by atoms with Crippen LogP contribution in [0.25, 0.3) is 0 Å². The fraction of sp³-hybridized carbons (Fsp3) is 0.462. The molecule has 0 saturated carbocycles. The third-order valence-corrected chi connectivity index (χ3v) is 4.16. The number of aliphatic carboxylic acids is 1. The molecule has 0 aliphatic carbocycles. The molecular weight excluding hydrogens is 331 g/mol. The van der Waals surface area contributed by atoms with E-state index in [1.54, 1.807) is 12.1 Å². The SMILES string of the molecule is O=NN1CCCC(Cc2ccc(Br)cc2F)(C(=O)O)C1. The van der Waals surface area contributed by atoms with Crippen LogP contribution in [0.2, 0.25) is 0 Å². The lowest BCUT2D eigenvalue weighted by Crippen LogP contribution is -2.47. The van der Waals surface area contributed by atoms with E-state index in [0.29, 0.717) is 29.4 Å². The van der Waals surface area contributed by atoms with E-state index in [2.05, 4.69) is 21.2 Å². The number of carboxylic acid groups (broad SMARTS) is 1. The van der Waals surface area contributed by atoms with Crippen molar-refractivity contribution in [2.45, 2.75) is 19.3 Å². The van der Waals surface area contributed by atoms with Crippen molar-refractivity contribution >= 4 is 21.9 Å². The van der Waals surface area contributed by atoms with Gasteiger partial charge in [-0.15, -0.1) is 4.91 Å². The normalized spacial score (nSPS) is 22.6. The summed E-state index contributed by atoms with van der Waals surface area (Å²) in [6.45, 7) is 0.461. The minimum absolute atomic E-state index is 0.0152. The molecule has 1 N–H and O–H groups in total. The number of piperidine rings is 1. The van der Waals surface area contributed by atoms with Gasteiger partial charge in [0.15, 0.2) is 0 Å². The van der Waals surface area contributed by atoms with E-state index in [-0.39, 0.29) is 13.0 Å². The average molecular weight is 345 g/mol. The quantitative estimate of drug-likeness (QED) is 0.852. The smallest absolute Gasteiger partial charge is 0.311 e. The van der Waals surface area contributed by atoms with Crippen molar-refractivity contribution in [2.75, 3.05) is 13.1 Å². The molecule has 2 rings (SSSR count). The lowest BCUT2D eigenvalue weighted by Gasteiger charge is -2.37. The molecule has 0 bridgehead atoms. The van der Waals surface area contributed by atoms with Gasteiger partial charge in [0.2, 0.25) is 0 Å². The Hall–Kier alpha value is -1.50. The first kappa shape index (κ1) is 14.9. The number of rotatable bonds is 4. The third kappa shape index (κ3) is 2.98. The van der Waals surface area contributed by atoms with Crippen LogP contribution in [-0.2, 0) is 11.2 Å². The summed E-state index contributed by atoms with van der Waals surface area (Å²) >= 11 is 3.16. The molecule has 1 aromatic rings. The molecule has 0 spiro atoms. The number of nitrogens with zero attached hydrogens (tertiary/aromatic N) is 2. The van der Waals surface area contributed by atoms with Gasteiger partial charge in [-0.25, -0.2) is 4.39 Å². The Labute approximate surface area is 123 Å². The molecule has 5 nitrogen and oxygen atoms in total. The molecule has 0 aromatic heterocycles. The molecule has 0 radical (unpaired) electrons. The van der Waals surface area contributed by atoms with Crippen molar-refractivity contribution < 1.29 is 14.3 Å². The number of carboxylic acids is 1. The van der Waals surface area contributed by atoms with Gasteiger partial charge in [0, 0.05) is 11.0 Å². The minimum Gasteiger partial charge on any atom is -0.481 e. The maximum absolute atomic E-state index is 13.9. The van der Waals surface area contributed by atoms with E-state index in [4.69, 9.17) is 0 Å². The van der Waals surface area contributed by atoms with Crippen molar-refractivity contribution in [2.24, 2.45) is 10.7 Å². The summed E-state index contributed by atoms with van der Waals surface area (Å²) in [5.41, 5.74) is -0.829. The fourth-order valence-electron chi connectivity index (χ4n) is 2.60. The van der Waals surface area contributed by atoms with Crippen LogP contribution in [0.1, 0.15) is 18.4 Å². The number of hydrogen-bond acceptors (Lipinski definition) is 3. The molecule has 20 heavy (non-hydrogen) atoms. The van der Waals surface area contributed by atoms with Crippen LogP contribution < -0.4 is 0 Å². The lowest BCUT2D eigenvalue weighted by atomic mass is 9.75. The summed E-state index contributed by atoms with van der Waals surface area (Å²) in [6, 6.07) is 4.55. The van der Waals surface area contributed by atoms with E-state index < -0.39 is 17.2 Å². The topological polar surface area (TPSA) is 70.0 Å². The zero-order valence-electron chi connectivity index (χ0n) is 10.7. The van der Waals surface area contributed by atoms with Gasteiger partial charge in [0.05, 0.1) is 17.2 Å². The summed E-state index contributed by atoms with van der Waals surface area (Å²) in [5, 5.41) is 13.5. The summed E-state index contributed by atoms with van der Waals surface area (Å²) in [4.78, 5) is 22.3. The summed E-state index contributed by atoms with van der Waals surface area (Å²) in [7, 11) is 0. The molecule has 1 saturated heterocycles. The number of halogens is 2. The molecule has 1 fully saturated rings. The Bertz CT molecular complexity index is 540. The summed E-state index contributed by atoms with van der Waals surface area (Å²) in [5.74, 6) is -1.47.